The molecule has 0 radical (unpaired) electrons. The lowest BCUT2D eigenvalue weighted by Crippen LogP contribution is -2.50. The highest BCUT2D eigenvalue weighted by Crippen LogP contribution is 2.35. The Morgan fingerprint density at radius 2 is 1.56 bits per heavy atom. The first-order valence-electron chi connectivity index (χ1n) is 11.0. The molecule has 1 N–H and O–H groups in total. The zero-order valence-electron chi connectivity index (χ0n) is 18.4. The third-order valence-electron chi connectivity index (χ3n) is 5.84. The van der Waals surface area contributed by atoms with Gasteiger partial charge in [-0.05, 0) is 40.1 Å². The summed E-state index contributed by atoms with van der Waals surface area (Å²) < 4.78 is 33.9. The van der Waals surface area contributed by atoms with Crippen molar-refractivity contribution < 1.29 is 17.9 Å². The second-order valence-electron chi connectivity index (χ2n) is 8.25. The summed E-state index contributed by atoms with van der Waals surface area (Å²) in [7, 11) is -3.73. The van der Waals surface area contributed by atoms with Crippen LogP contribution in [0.4, 0.5) is 5.69 Å². The van der Waals surface area contributed by atoms with E-state index in [1.54, 1.807) is 48.5 Å². The van der Waals surface area contributed by atoms with Crippen LogP contribution in [-0.2, 0) is 27.1 Å². The number of benzene rings is 4. The van der Waals surface area contributed by atoms with Crippen LogP contribution in [0, 0.1) is 0 Å². The van der Waals surface area contributed by atoms with Crippen molar-refractivity contribution >= 4 is 32.4 Å². The lowest BCUT2D eigenvalue weighted by molar-refractivity contribution is -0.127. The lowest BCUT2D eigenvalue weighted by Gasteiger charge is -2.34. The standard InChI is InChI=1S/C27H24N2O4S/c30-27(28-17-21-14-15-22-10-4-5-11-23(22)16-21)26-18-29(24-12-6-7-13-25(24)33-26)34(31,32)19-20-8-2-1-3-9-20/h1-16,26H,17-19H2,(H,28,30). The van der Waals surface area contributed by atoms with Crippen LogP contribution in [0.2, 0.25) is 0 Å². The number of fused-ring (bicyclic) bond motifs is 2. The molecule has 1 heterocycles. The fourth-order valence-corrected chi connectivity index (χ4v) is 5.70. The lowest BCUT2D eigenvalue weighted by atomic mass is 10.1. The molecule has 1 unspecified atom stereocenters. The molecule has 0 spiro atoms. The van der Waals surface area contributed by atoms with Gasteiger partial charge in [0.05, 0.1) is 18.0 Å². The number of anilines is 1. The highest BCUT2D eigenvalue weighted by Gasteiger charge is 2.36. The van der Waals surface area contributed by atoms with Crippen LogP contribution in [0.3, 0.4) is 0 Å². The molecular formula is C27H24N2O4S. The van der Waals surface area contributed by atoms with Crippen LogP contribution in [0.5, 0.6) is 5.75 Å². The Kier molecular flexibility index (Phi) is 5.94. The Bertz CT molecular complexity index is 1440. The predicted molar refractivity (Wildman–Crippen MR) is 133 cm³/mol. The van der Waals surface area contributed by atoms with E-state index in [-0.39, 0.29) is 18.2 Å². The summed E-state index contributed by atoms with van der Waals surface area (Å²) in [5.41, 5.74) is 2.08. The quantitative estimate of drug-likeness (QED) is 0.455. The highest BCUT2D eigenvalue weighted by molar-refractivity contribution is 7.92. The molecule has 0 aliphatic carbocycles. The first-order chi connectivity index (χ1) is 16.5. The van der Waals surface area contributed by atoms with Crippen LogP contribution in [0.15, 0.2) is 97.1 Å². The van der Waals surface area contributed by atoms with Gasteiger partial charge in [0.25, 0.3) is 5.91 Å². The minimum absolute atomic E-state index is 0.0876. The van der Waals surface area contributed by atoms with Gasteiger partial charge < -0.3 is 10.1 Å². The number of ether oxygens (including phenoxy) is 1. The number of carbonyl (C=O) groups is 1. The Morgan fingerprint density at radius 3 is 2.38 bits per heavy atom. The molecule has 0 fully saturated rings. The molecule has 0 aromatic heterocycles. The zero-order valence-corrected chi connectivity index (χ0v) is 19.2. The van der Waals surface area contributed by atoms with E-state index in [0.29, 0.717) is 23.5 Å². The monoisotopic (exact) mass is 472 g/mol. The maximum absolute atomic E-state index is 13.3. The molecule has 1 amide bonds. The van der Waals surface area contributed by atoms with Crippen molar-refractivity contribution in [3.05, 3.63) is 108 Å². The van der Waals surface area contributed by atoms with Gasteiger partial charge in [-0.15, -0.1) is 0 Å². The largest absolute Gasteiger partial charge is 0.476 e. The average Bonchev–Trinajstić information content (AvgIpc) is 2.86. The number of hydrogen-bond acceptors (Lipinski definition) is 4. The summed E-state index contributed by atoms with van der Waals surface area (Å²) in [5.74, 6) is -0.146. The Hall–Kier alpha value is -3.84. The van der Waals surface area contributed by atoms with Crippen LogP contribution >= 0.6 is 0 Å². The number of rotatable bonds is 6. The Morgan fingerprint density at radius 1 is 0.853 bits per heavy atom. The number of nitrogens with zero attached hydrogens (tertiary/aromatic N) is 1. The Balaban J connectivity index is 1.34. The van der Waals surface area contributed by atoms with E-state index < -0.39 is 16.1 Å². The third-order valence-corrected chi connectivity index (χ3v) is 7.55. The molecule has 7 heteroatoms. The van der Waals surface area contributed by atoms with Gasteiger partial charge in [-0.1, -0.05) is 78.9 Å². The molecule has 34 heavy (non-hydrogen) atoms. The van der Waals surface area contributed by atoms with Crippen molar-refractivity contribution in [2.24, 2.45) is 0 Å². The Labute approximate surface area is 198 Å². The zero-order chi connectivity index (χ0) is 23.5. The summed E-state index contributed by atoms with van der Waals surface area (Å²) in [6, 6.07) is 29.9. The molecule has 4 aromatic carbocycles. The van der Waals surface area contributed by atoms with Crippen LogP contribution in [-0.4, -0.2) is 27.0 Å². The van der Waals surface area contributed by atoms with Gasteiger partial charge in [0.1, 0.15) is 5.75 Å². The van der Waals surface area contributed by atoms with Crippen molar-refractivity contribution in [1.29, 1.82) is 0 Å². The molecule has 172 valence electrons. The topological polar surface area (TPSA) is 75.7 Å². The molecule has 1 aliphatic rings. The molecule has 0 saturated heterocycles. The number of sulfonamides is 1. The first-order valence-corrected chi connectivity index (χ1v) is 12.7. The molecule has 4 aromatic rings. The van der Waals surface area contributed by atoms with Gasteiger partial charge in [-0.25, -0.2) is 8.42 Å². The predicted octanol–water partition coefficient (Wildman–Crippen LogP) is 4.25. The molecule has 6 nitrogen and oxygen atoms in total. The van der Waals surface area contributed by atoms with E-state index >= 15 is 0 Å². The minimum Gasteiger partial charge on any atom is -0.476 e. The summed E-state index contributed by atoms with van der Waals surface area (Å²) >= 11 is 0. The van der Waals surface area contributed by atoms with E-state index in [1.807, 2.05) is 48.5 Å². The molecule has 1 aliphatic heterocycles. The van der Waals surface area contributed by atoms with Gasteiger partial charge in [-0.3, -0.25) is 9.10 Å². The number of carbonyl (C=O) groups excluding carboxylic acids is 1. The maximum Gasteiger partial charge on any atom is 0.263 e. The summed E-state index contributed by atoms with van der Waals surface area (Å²) in [6.07, 6.45) is -0.957. The number of nitrogens with one attached hydrogen (secondary N) is 1. The van der Waals surface area contributed by atoms with Crippen molar-refractivity contribution in [2.75, 3.05) is 10.8 Å². The second kappa shape index (κ2) is 9.19. The van der Waals surface area contributed by atoms with E-state index in [4.69, 9.17) is 4.74 Å². The summed E-state index contributed by atoms with van der Waals surface area (Å²) in [5, 5.41) is 5.12. The smallest absolute Gasteiger partial charge is 0.263 e. The van der Waals surface area contributed by atoms with Gasteiger partial charge in [0.15, 0.2) is 6.10 Å². The fourth-order valence-electron chi connectivity index (χ4n) is 4.12. The van der Waals surface area contributed by atoms with Crippen molar-refractivity contribution in [2.45, 2.75) is 18.4 Å². The minimum atomic E-state index is -3.73. The van der Waals surface area contributed by atoms with E-state index in [2.05, 4.69) is 5.32 Å². The molecule has 0 bridgehead atoms. The SMILES string of the molecule is O=C(NCc1ccc2ccccc2c1)C1CN(S(=O)(=O)Cc2ccccc2)c2ccccc2O1. The summed E-state index contributed by atoms with van der Waals surface area (Å²) in [6.45, 7) is 0.234. The van der Waals surface area contributed by atoms with Crippen LogP contribution in [0.1, 0.15) is 11.1 Å². The van der Waals surface area contributed by atoms with Gasteiger partial charge in [0.2, 0.25) is 10.0 Å². The molecular weight excluding hydrogens is 448 g/mol. The van der Waals surface area contributed by atoms with Gasteiger partial charge >= 0.3 is 0 Å². The number of amides is 1. The van der Waals surface area contributed by atoms with Gasteiger partial charge in [-0.2, -0.15) is 0 Å². The average molecular weight is 473 g/mol. The van der Waals surface area contributed by atoms with E-state index in [0.717, 1.165) is 16.3 Å². The normalized spacial score (nSPS) is 15.4. The first kappa shape index (κ1) is 22.0. The van der Waals surface area contributed by atoms with Crippen LogP contribution < -0.4 is 14.4 Å². The van der Waals surface area contributed by atoms with Crippen molar-refractivity contribution in [1.82, 2.24) is 5.32 Å². The summed E-state index contributed by atoms with van der Waals surface area (Å²) in [4.78, 5) is 13.0. The third kappa shape index (κ3) is 4.61. The molecule has 0 saturated carbocycles. The van der Waals surface area contributed by atoms with E-state index in [1.165, 1.54) is 4.31 Å². The molecule has 5 rings (SSSR count). The highest BCUT2D eigenvalue weighted by atomic mass is 32.2. The van der Waals surface area contributed by atoms with Crippen molar-refractivity contribution in [3.8, 4) is 5.75 Å². The van der Waals surface area contributed by atoms with Crippen molar-refractivity contribution in [3.63, 3.8) is 0 Å². The van der Waals surface area contributed by atoms with Crippen LogP contribution in [0.25, 0.3) is 10.8 Å². The second-order valence-corrected chi connectivity index (χ2v) is 10.1. The number of hydrogen-bond donors (Lipinski definition) is 1. The fraction of sp³-hybridized carbons (Fsp3) is 0.148. The molecule has 1 atom stereocenters. The van der Waals surface area contributed by atoms with E-state index in [9.17, 15) is 13.2 Å². The van der Waals surface area contributed by atoms with Gasteiger partial charge in [0, 0.05) is 6.54 Å². The number of para-hydroxylation sites is 2. The maximum atomic E-state index is 13.3.